The summed E-state index contributed by atoms with van der Waals surface area (Å²) in [4.78, 5) is 37.0. The topological polar surface area (TPSA) is 123 Å². The van der Waals surface area contributed by atoms with Crippen LogP contribution in [0.2, 0.25) is 0 Å². The number of hydrogen-bond acceptors (Lipinski definition) is 10. The van der Waals surface area contributed by atoms with Crippen LogP contribution in [0.5, 0.6) is 0 Å². The van der Waals surface area contributed by atoms with Crippen LogP contribution in [0.15, 0.2) is 33.9 Å². The number of carbonyl (C=O) groups excluding carboxylic acids is 3. The lowest BCUT2D eigenvalue weighted by Crippen LogP contribution is -2.16. The fourth-order valence-electron chi connectivity index (χ4n) is 2.79. The van der Waals surface area contributed by atoms with E-state index in [-0.39, 0.29) is 46.3 Å². The molecule has 174 valence electrons. The van der Waals surface area contributed by atoms with E-state index in [0.29, 0.717) is 22.0 Å². The van der Waals surface area contributed by atoms with Gasteiger partial charge in [0.05, 0.1) is 29.3 Å². The highest BCUT2D eigenvalue weighted by Gasteiger charge is 2.25. The molecular formula is C21H21FN4O5S2. The van der Waals surface area contributed by atoms with Crippen molar-refractivity contribution in [3.05, 3.63) is 52.0 Å². The lowest BCUT2D eigenvalue weighted by atomic mass is 10.1. The van der Waals surface area contributed by atoms with Gasteiger partial charge in [-0.1, -0.05) is 11.8 Å². The zero-order valence-corrected chi connectivity index (χ0v) is 19.7. The Morgan fingerprint density at radius 1 is 1.21 bits per heavy atom. The Hall–Kier alpha value is -3.25. The number of carbonyl (C=O) groups is 3. The van der Waals surface area contributed by atoms with E-state index in [2.05, 4.69) is 20.8 Å². The van der Waals surface area contributed by atoms with Crippen molar-refractivity contribution >= 4 is 51.4 Å². The Kier molecular flexibility index (Phi) is 8.17. The van der Waals surface area contributed by atoms with Gasteiger partial charge in [-0.05, 0) is 50.6 Å². The number of ketones is 1. The highest BCUT2D eigenvalue weighted by Crippen LogP contribution is 2.34. The average Bonchev–Trinajstić information content (AvgIpc) is 3.36. The van der Waals surface area contributed by atoms with Crippen LogP contribution < -0.4 is 10.6 Å². The summed E-state index contributed by atoms with van der Waals surface area (Å²) in [5, 5.41) is 13.9. The SMILES string of the molecule is CCOC(=O)c1c(NC(=O)CSc2nnc(CNc3ccc(F)cc3)o2)sc(C(C)=O)c1C. The molecule has 0 aliphatic rings. The van der Waals surface area contributed by atoms with Crippen molar-refractivity contribution < 1.29 is 27.9 Å². The number of amides is 1. The molecule has 0 aliphatic heterocycles. The second-order valence-electron chi connectivity index (χ2n) is 6.70. The van der Waals surface area contributed by atoms with Gasteiger partial charge in [0.2, 0.25) is 11.8 Å². The number of thiophene rings is 1. The van der Waals surface area contributed by atoms with Crippen molar-refractivity contribution in [2.24, 2.45) is 0 Å². The normalized spacial score (nSPS) is 10.7. The molecule has 2 heterocycles. The number of nitrogens with one attached hydrogen (secondary N) is 2. The van der Waals surface area contributed by atoms with Crippen LogP contribution in [0.3, 0.4) is 0 Å². The van der Waals surface area contributed by atoms with Gasteiger partial charge in [0.25, 0.3) is 5.22 Å². The molecule has 0 atom stereocenters. The van der Waals surface area contributed by atoms with Gasteiger partial charge in [0.15, 0.2) is 5.78 Å². The van der Waals surface area contributed by atoms with Gasteiger partial charge in [-0.25, -0.2) is 9.18 Å². The molecule has 12 heteroatoms. The summed E-state index contributed by atoms with van der Waals surface area (Å²) in [6.45, 7) is 5.12. The lowest BCUT2D eigenvalue weighted by Gasteiger charge is -2.06. The standard InChI is InChI=1S/C21H21FN4O5S2/c1-4-30-20(29)17-11(2)18(12(3)27)33-19(17)24-15(28)10-32-21-26-25-16(31-21)9-23-14-7-5-13(22)6-8-14/h5-8,23H,4,9-10H2,1-3H3,(H,24,28). The minimum Gasteiger partial charge on any atom is -0.462 e. The lowest BCUT2D eigenvalue weighted by molar-refractivity contribution is -0.113. The molecule has 3 rings (SSSR count). The van der Waals surface area contributed by atoms with E-state index in [1.54, 1.807) is 26.0 Å². The first-order valence-corrected chi connectivity index (χ1v) is 11.6. The molecule has 3 aromatic rings. The van der Waals surface area contributed by atoms with Crippen molar-refractivity contribution in [3.8, 4) is 0 Å². The number of esters is 1. The molecule has 9 nitrogen and oxygen atoms in total. The second kappa shape index (κ2) is 11.1. The van der Waals surface area contributed by atoms with Gasteiger partial charge in [0.1, 0.15) is 10.8 Å². The summed E-state index contributed by atoms with van der Waals surface area (Å²) in [6.07, 6.45) is 0. The van der Waals surface area contributed by atoms with Gasteiger partial charge in [-0.3, -0.25) is 9.59 Å². The monoisotopic (exact) mass is 492 g/mol. The van der Waals surface area contributed by atoms with E-state index in [9.17, 15) is 18.8 Å². The molecule has 1 aromatic carbocycles. The zero-order chi connectivity index (χ0) is 24.0. The van der Waals surface area contributed by atoms with Gasteiger partial charge >= 0.3 is 5.97 Å². The van der Waals surface area contributed by atoms with E-state index >= 15 is 0 Å². The number of nitrogens with zero attached hydrogens (tertiary/aromatic N) is 2. The molecule has 0 unspecified atom stereocenters. The molecule has 2 aromatic heterocycles. The summed E-state index contributed by atoms with van der Waals surface area (Å²) in [5.74, 6) is -1.30. The summed E-state index contributed by atoms with van der Waals surface area (Å²) in [6, 6.07) is 5.83. The molecule has 0 bridgehead atoms. The van der Waals surface area contributed by atoms with Gasteiger partial charge in [0, 0.05) is 5.69 Å². The van der Waals surface area contributed by atoms with Crippen LogP contribution in [0.25, 0.3) is 0 Å². The van der Waals surface area contributed by atoms with Crippen molar-refractivity contribution in [3.63, 3.8) is 0 Å². The quantitative estimate of drug-likeness (QED) is 0.242. The molecule has 0 fully saturated rings. The molecule has 0 radical (unpaired) electrons. The maximum absolute atomic E-state index is 13.0. The fraction of sp³-hybridized carbons (Fsp3) is 0.286. The number of rotatable bonds is 10. The van der Waals surface area contributed by atoms with Gasteiger partial charge in [-0.15, -0.1) is 21.5 Å². The van der Waals surface area contributed by atoms with E-state index in [4.69, 9.17) is 9.15 Å². The Balaban J connectivity index is 1.58. The van der Waals surface area contributed by atoms with Crippen LogP contribution in [-0.4, -0.2) is 40.2 Å². The van der Waals surface area contributed by atoms with E-state index in [1.165, 1.54) is 19.1 Å². The highest BCUT2D eigenvalue weighted by atomic mass is 32.2. The van der Waals surface area contributed by atoms with Crippen molar-refractivity contribution in [2.75, 3.05) is 23.0 Å². The summed E-state index contributed by atoms with van der Waals surface area (Å²) in [5.41, 5.74) is 1.35. The van der Waals surface area contributed by atoms with Crippen LogP contribution in [-0.2, 0) is 16.1 Å². The Morgan fingerprint density at radius 3 is 2.61 bits per heavy atom. The van der Waals surface area contributed by atoms with Crippen LogP contribution in [0.1, 0.15) is 45.3 Å². The number of Topliss-reactive ketones (excluding diaryl/α,β-unsaturated/α-hetero) is 1. The zero-order valence-electron chi connectivity index (χ0n) is 18.1. The Labute approximate surface area is 197 Å². The van der Waals surface area contributed by atoms with E-state index in [1.807, 2.05) is 0 Å². The average molecular weight is 493 g/mol. The van der Waals surface area contributed by atoms with Crippen LogP contribution >= 0.6 is 23.1 Å². The van der Waals surface area contributed by atoms with E-state index in [0.717, 1.165) is 23.1 Å². The van der Waals surface area contributed by atoms with Crippen molar-refractivity contribution in [1.29, 1.82) is 0 Å². The summed E-state index contributed by atoms with van der Waals surface area (Å²) in [7, 11) is 0. The molecule has 0 saturated heterocycles. The molecule has 1 amide bonds. The van der Waals surface area contributed by atoms with Gasteiger partial charge in [-0.2, -0.15) is 0 Å². The van der Waals surface area contributed by atoms with Crippen molar-refractivity contribution in [2.45, 2.75) is 32.5 Å². The number of halogens is 1. The van der Waals surface area contributed by atoms with Gasteiger partial charge < -0.3 is 19.8 Å². The Bertz CT molecular complexity index is 1160. The highest BCUT2D eigenvalue weighted by molar-refractivity contribution is 7.99. The number of aromatic nitrogens is 2. The predicted octanol–water partition coefficient (Wildman–Crippen LogP) is 4.30. The first kappa shape index (κ1) is 24.4. The number of ether oxygens (including phenoxy) is 1. The fourth-order valence-corrected chi connectivity index (χ4v) is 4.48. The third-order valence-corrected chi connectivity index (χ3v) is 6.39. The first-order valence-electron chi connectivity index (χ1n) is 9.84. The predicted molar refractivity (Wildman–Crippen MR) is 122 cm³/mol. The van der Waals surface area contributed by atoms with Crippen LogP contribution in [0.4, 0.5) is 15.1 Å². The number of anilines is 2. The van der Waals surface area contributed by atoms with E-state index < -0.39 is 11.9 Å². The maximum Gasteiger partial charge on any atom is 0.341 e. The minimum atomic E-state index is -0.600. The molecule has 0 saturated carbocycles. The smallest absolute Gasteiger partial charge is 0.341 e. The number of thioether (sulfide) groups is 1. The molecule has 2 N–H and O–H groups in total. The first-order chi connectivity index (χ1) is 15.8. The van der Waals surface area contributed by atoms with Crippen molar-refractivity contribution in [1.82, 2.24) is 10.2 Å². The number of benzene rings is 1. The third-order valence-electron chi connectivity index (χ3n) is 4.26. The second-order valence-corrected chi connectivity index (χ2v) is 8.64. The largest absolute Gasteiger partial charge is 0.462 e. The molecular weight excluding hydrogens is 471 g/mol. The summed E-state index contributed by atoms with van der Waals surface area (Å²) >= 11 is 2.06. The molecule has 33 heavy (non-hydrogen) atoms. The Morgan fingerprint density at radius 2 is 1.94 bits per heavy atom. The number of hydrogen-bond donors (Lipinski definition) is 2. The molecule has 0 aliphatic carbocycles. The minimum absolute atomic E-state index is 0.0539. The third kappa shape index (κ3) is 6.39. The summed E-state index contributed by atoms with van der Waals surface area (Å²) < 4.78 is 23.5. The molecule has 0 spiro atoms. The van der Waals surface area contributed by atoms with Crippen LogP contribution in [0, 0.1) is 12.7 Å². The maximum atomic E-state index is 13.0.